The van der Waals surface area contributed by atoms with Gasteiger partial charge in [0.2, 0.25) is 0 Å². The van der Waals surface area contributed by atoms with Crippen molar-refractivity contribution in [3.63, 3.8) is 0 Å². The van der Waals surface area contributed by atoms with E-state index in [9.17, 15) is 13.2 Å². The van der Waals surface area contributed by atoms with Crippen LogP contribution in [-0.2, 0) is 10.1 Å². The van der Waals surface area contributed by atoms with E-state index in [1.165, 1.54) is 12.1 Å². The molecular formula is C27H31NO5S. The first-order valence-corrected chi connectivity index (χ1v) is 13.2. The van der Waals surface area contributed by atoms with E-state index >= 15 is 0 Å². The number of ether oxygens (including phenoxy) is 1. The Hall–Kier alpha value is -3.06. The fraction of sp³-hybridized carbons (Fsp3) is 0.370. The zero-order valence-corrected chi connectivity index (χ0v) is 20.9. The number of allylic oxidation sites excluding steroid dienone is 1. The fourth-order valence-corrected chi connectivity index (χ4v) is 5.14. The zero-order valence-electron chi connectivity index (χ0n) is 20.1. The molecule has 1 aliphatic carbocycles. The van der Waals surface area contributed by atoms with Crippen LogP contribution in [0.2, 0.25) is 0 Å². The smallest absolute Gasteiger partial charge is 0.312 e. The van der Waals surface area contributed by atoms with Crippen molar-refractivity contribution in [1.29, 1.82) is 0 Å². The topological polar surface area (TPSA) is 72.9 Å². The van der Waals surface area contributed by atoms with Crippen LogP contribution in [0, 0.1) is 0 Å². The Bertz CT molecular complexity index is 1230. The number of fused-ring (bicyclic) bond motifs is 1. The predicted molar refractivity (Wildman–Crippen MR) is 136 cm³/mol. The number of nitrogens with zero attached hydrogens (tertiary/aromatic N) is 1. The number of rotatable bonds is 9. The minimum Gasteiger partial charge on any atom is -0.482 e. The van der Waals surface area contributed by atoms with E-state index < -0.39 is 21.0 Å². The zero-order chi connectivity index (χ0) is 24.5. The Morgan fingerprint density at radius 3 is 2.41 bits per heavy atom. The molecule has 0 bridgehead atoms. The van der Waals surface area contributed by atoms with Gasteiger partial charge in [-0.25, -0.2) is 0 Å². The van der Waals surface area contributed by atoms with Crippen LogP contribution in [0.1, 0.15) is 62.0 Å². The third-order valence-corrected chi connectivity index (χ3v) is 7.73. The van der Waals surface area contributed by atoms with E-state index in [2.05, 4.69) is 18.7 Å². The van der Waals surface area contributed by atoms with Crippen LogP contribution in [0.5, 0.6) is 11.5 Å². The van der Waals surface area contributed by atoms with Crippen molar-refractivity contribution >= 4 is 33.7 Å². The van der Waals surface area contributed by atoms with Crippen LogP contribution < -0.4 is 13.8 Å². The van der Waals surface area contributed by atoms with Gasteiger partial charge in [-0.05, 0) is 88.6 Å². The van der Waals surface area contributed by atoms with Gasteiger partial charge in [-0.3, -0.25) is 4.79 Å². The first-order chi connectivity index (χ1) is 16.1. The Kier molecular flexibility index (Phi) is 6.58. The van der Waals surface area contributed by atoms with E-state index in [0.717, 1.165) is 24.3 Å². The molecule has 4 rings (SSSR count). The molecule has 0 unspecified atom stereocenters. The van der Waals surface area contributed by atoms with Crippen LogP contribution in [0.4, 0.5) is 5.69 Å². The maximum absolute atomic E-state index is 13.1. The van der Waals surface area contributed by atoms with Crippen LogP contribution in [0.25, 0.3) is 12.2 Å². The van der Waals surface area contributed by atoms with Crippen molar-refractivity contribution in [2.75, 3.05) is 18.0 Å². The third-order valence-electron chi connectivity index (χ3n) is 6.03. The largest absolute Gasteiger partial charge is 0.482 e. The summed E-state index contributed by atoms with van der Waals surface area (Å²) in [7, 11) is -3.69. The van der Waals surface area contributed by atoms with Gasteiger partial charge in [0.1, 0.15) is 11.4 Å². The lowest BCUT2D eigenvalue weighted by atomic mass is 9.97. The van der Waals surface area contributed by atoms with Gasteiger partial charge >= 0.3 is 10.1 Å². The van der Waals surface area contributed by atoms with Gasteiger partial charge in [0.05, 0.1) is 16.4 Å². The van der Waals surface area contributed by atoms with E-state index in [0.29, 0.717) is 29.7 Å². The summed E-state index contributed by atoms with van der Waals surface area (Å²) in [4.78, 5) is 15.4. The molecule has 2 aromatic rings. The van der Waals surface area contributed by atoms with Crippen LogP contribution >= 0.6 is 0 Å². The van der Waals surface area contributed by atoms with Gasteiger partial charge < -0.3 is 13.8 Å². The molecule has 0 saturated heterocycles. The summed E-state index contributed by atoms with van der Waals surface area (Å²) in [5.41, 5.74) is 2.24. The number of hydrogen-bond donors (Lipinski definition) is 0. The monoisotopic (exact) mass is 481 g/mol. The number of carbonyl (C=O) groups excluding carboxylic acids is 1. The molecule has 1 fully saturated rings. The Morgan fingerprint density at radius 1 is 1.12 bits per heavy atom. The lowest BCUT2D eigenvalue weighted by molar-refractivity contribution is 0.103. The van der Waals surface area contributed by atoms with E-state index in [-0.39, 0.29) is 11.5 Å². The molecule has 2 aromatic carbocycles. The molecule has 1 aliphatic heterocycles. The number of ketones is 1. The number of carbonyl (C=O) groups is 1. The second kappa shape index (κ2) is 9.29. The summed E-state index contributed by atoms with van der Waals surface area (Å²) in [5, 5.41) is -0.453. The number of hydrogen-bond acceptors (Lipinski definition) is 6. The summed E-state index contributed by atoms with van der Waals surface area (Å²) in [6.07, 6.45) is 8.10. The van der Waals surface area contributed by atoms with Crippen molar-refractivity contribution in [2.24, 2.45) is 0 Å². The van der Waals surface area contributed by atoms with Crippen LogP contribution in [0.3, 0.4) is 0 Å². The SMILES string of the molecule is CCN(CC)c1ccc(C=CC(=O)c2ccc(OS(=O)(=O)C3CC3)c3c2OC(C)(C)C=C3)cc1. The predicted octanol–water partition coefficient (Wildman–Crippen LogP) is 5.48. The van der Waals surface area contributed by atoms with E-state index in [1.807, 2.05) is 44.2 Å². The molecular weight excluding hydrogens is 450 g/mol. The summed E-state index contributed by atoms with van der Waals surface area (Å²) in [6.45, 7) is 9.86. The van der Waals surface area contributed by atoms with Gasteiger partial charge in [0, 0.05) is 18.8 Å². The van der Waals surface area contributed by atoms with E-state index in [4.69, 9.17) is 8.92 Å². The second-order valence-electron chi connectivity index (χ2n) is 9.13. The van der Waals surface area contributed by atoms with Gasteiger partial charge in [-0.2, -0.15) is 8.42 Å². The molecule has 0 amide bonds. The third kappa shape index (κ3) is 5.20. The highest BCUT2D eigenvalue weighted by atomic mass is 32.2. The second-order valence-corrected chi connectivity index (χ2v) is 10.9. The normalized spacial score (nSPS) is 16.7. The highest BCUT2D eigenvalue weighted by Gasteiger charge is 2.39. The molecule has 2 aliphatic rings. The van der Waals surface area contributed by atoms with Crippen LogP contribution in [0.15, 0.2) is 48.6 Å². The Balaban J connectivity index is 1.61. The Morgan fingerprint density at radius 2 is 1.79 bits per heavy atom. The summed E-state index contributed by atoms with van der Waals surface area (Å²) < 4.78 is 36.3. The summed E-state index contributed by atoms with van der Waals surface area (Å²) in [5.74, 6) is 0.287. The number of anilines is 1. The fourth-order valence-electron chi connectivity index (χ4n) is 3.89. The molecule has 0 atom stereocenters. The highest BCUT2D eigenvalue weighted by Crippen LogP contribution is 2.42. The minimum absolute atomic E-state index is 0.182. The quantitative estimate of drug-likeness (QED) is 0.268. The first-order valence-electron chi connectivity index (χ1n) is 11.7. The molecule has 0 N–H and O–H groups in total. The van der Waals surface area contributed by atoms with E-state index in [1.54, 1.807) is 18.2 Å². The van der Waals surface area contributed by atoms with Gasteiger partial charge in [-0.15, -0.1) is 0 Å². The molecule has 1 heterocycles. The average molecular weight is 482 g/mol. The maximum Gasteiger partial charge on any atom is 0.312 e. The molecule has 0 spiro atoms. The van der Waals surface area contributed by atoms with Crippen molar-refractivity contribution in [3.05, 3.63) is 65.2 Å². The lowest BCUT2D eigenvalue weighted by Gasteiger charge is -2.29. The van der Waals surface area contributed by atoms with Crippen molar-refractivity contribution in [3.8, 4) is 11.5 Å². The van der Waals surface area contributed by atoms with Crippen LogP contribution in [-0.4, -0.2) is 38.1 Å². The van der Waals surface area contributed by atoms with Crippen molar-refractivity contribution in [1.82, 2.24) is 0 Å². The molecule has 180 valence electrons. The van der Waals surface area contributed by atoms with Gasteiger partial charge in [0.25, 0.3) is 0 Å². The summed E-state index contributed by atoms with van der Waals surface area (Å²) in [6, 6.07) is 11.2. The minimum atomic E-state index is -3.69. The number of benzene rings is 2. The molecule has 7 heteroatoms. The van der Waals surface area contributed by atoms with Crippen molar-refractivity contribution < 1.29 is 22.1 Å². The molecule has 1 saturated carbocycles. The maximum atomic E-state index is 13.1. The molecule has 6 nitrogen and oxygen atoms in total. The first kappa shape index (κ1) is 24.1. The van der Waals surface area contributed by atoms with Crippen molar-refractivity contribution in [2.45, 2.75) is 51.4 Å². The molecule has 0 aromatic heterocycles. The lowest BCUT2D eigenvalue weighted by Crippen LogP contribution is -2.29. The molecule has 0 radical (unpaired) electrons. The van der Waals surface area contributed by atoms with Gasteiger partial charge in [-0.1, -0.05) is 18.2 Å². The van der Waals surface area contributed by atoms with Gasteiger partial charge in [0.15, 0.2) is 11.5 Å². The Labute approximate surface area is 202 Å². The molecule has 34 heavy (non-hydrogen) atoms. The highest BCUT2D eigenvalue weighted by molar-refractivity contribution is 7.88. The standard InChI is InChI=1S/C27H31NO5S/c1-5-28(6-2)20-10-7-19(8-11-20)9-15-24(29)22-14-16-25(33-34(30,31)21-12-13-21)23-17-18-27(3,4)32-26(22)23/h7-11,14-18,21H,5-6,12-13H2,1-4H3. The summed E-state index contributed by atoms with van der Waals surface area (Å²) >= 11 is 0. The average Bonchev–Trinajstić information content (AvgIpc) is 3.65.